The van der Waals surface area contributed by atoms with Gasteiger partial charge in [0.1, 0.15) is 31.4 Å². The summed E-state index contributed by atoms with van der Waals surface area (Å²) in [5.41, 5.74) is 6.20. The maximum absolute atomic E-state index is 14.0. The fraction of sp³-hybridized carbons (Fsp3) is 0.642. The summed E-state index contributed by atoms with van der Waals surface area (Å²) in [5.74, 6) is 0.0628. The maximum Gasteiger partial charge on any atom is 0.510 e. The molecule has 2 fully saturated rings. The smallest absolute Gasteiger partial charge is 0.457 e. The van der Waals surface area contributed by atoms with Gasteiger partial charge < -0.3 is 71.5 Å². The van der Waals surface area contributed by atoms with Gasteiger partial charge in [0.25, 0.3) is 5.56 Å². The Labute approximate surface area is 634 Å². The number of ether oxygens (including phenoxy) is 12. The van der Waals surface area contributed by atoms with Crippen LogP contribution in [0.3, 0.4) is 0 Å². The van der Waals surface area contributed by atoms with Gasteiger partial charge in [0, 0.05) is 98.6 Å². The number of nitrogens with one attached hydrogen (secondary N) is 1. The number of Topliss-reactive ketones (excluding diaryl/α,β-unsaturated/α-hetero) is 3. The second kappa shape index (κ2) is 46.1. The van der Waals surface area contributed by atoms with Gasteiger partial charge in [-0.2, -0.15) is 0 Å². The molecule has 5 aromatic rings. The lowest BCUT2D eigenvalue weighted by atomic mass is 9.79. The monoisotopic (exact) mass is 1510 g/mol. The van der Waals surface area contributed by atoms with Crippen LogP contribution in [-0.2, 0) is 130 Å². The highest BCUT2D eigenvalue weighted by atomic mass is 16.7. The molecule has 0 spiro atoms. The molecule has 1 aliphatic carbocycles. The number of nitrogens with zero attached hydrogens (tertiary/aromatic N) is 6. The molecule has 2 aromatic carbocycles. The second-order valence-electron chi connectivity index (χ2n) is 28.1. The summed E-state index contributed by atoms with van der Waals surface area (Å²) >= 11 is 0. The third-order valence-electron chi connectivity index (χ3n) is 19.9. The van der Waals surface area contributed by atoms with Gasteiger partial charge in [0.2, 0.25) is 17.4 Å². The Kier molecular flexibility index (Phi) is 36.6. The molecule has 2 amide bonds. The molecule has 27 nitrogen and oxygen atoms in total. The molecule has 9 rings (SSSR count). The lowest BCUT2D eigenvalue weighted by molar-refractivity contribution is -0.175. The Morgan fingerprint density at radius 2 is 1.36 bits per heavy atom. The lowest BCUT2D eigenvalue weighted by Gasteiger charge is -2.35. The molecule has 0 bridgehead atoms. The van der Waals surface area contributed by atoms with E-state index in [0.717, 1.165) is 102 Å². The molecular formula is C81H115N7O20. The van der Waals surface area contributed by atoms with E-state index in [0.29, 0.717) is 194 Å². The first-order valence-electron chi connectivity index (χ1n) is 39.0. The van der Waals surface area contributed by atoms with Crippen molar-refractivity contribution in [1.29, 1.82) is 0 Å². The Balaban J connectivity index is 0.000000273. The molecule has 3 unspecified atom stereocenters. The summed E-state index contributed by atoms with van der Waals surface area (Å²) in [6, 6.07) is 15.4. The van der Waals surface area contributed by atoms with Crippen molar-refractivity contribution in [1.82, 2.24) is 29.4 Å². The van der Waals surface area contributed by atoms with Crippen LogP contribution in [0.2, 0.25) is 0 Å². The largest absolute Gasteiger partial charge is 0.510 e. The van der Waals surface area contributed by atoms with Crippen molar-refractivity contribution in [2.45, 2.75) is 183 Å². The summed E-state index contributed by atoms with van der Waals surface area (Å²) in [6.07, 6.45) is 12.4. The number of pyridine rings is 2. The van der Waals surface area contributed by atoms with Crippen molar-refractivity contribution in [3.63, 3.8) is 0 Å². The summed E-state index contributed by atoms with van der Waals surface area (Å²) in [4.78, 5) is 108. The van der Waals surface area contributed by atoms with Crippen molar-refractivity contribution < 1.29 is 90.4 Å². The van der Waals surface area contributed by atoms with Crippen molar-refractivity contribution in [3.05, 3.63) is 104 Å². The number of carbonyl (C=O) groups is 7. The summed E-state index contributed by atoms with van der Waals surface area (Å²) in [7, 11) is 0. The van der Waals surface area contributed by atoms with Crippen LogP contribution < -0.4 is 10.9 Å². The topological polar surface area (TPSA) is 311 Å². The van der Waals surface area contributed by atoms with E-state index in [9.17, 15) is 38.4 Å². The minimum absolute atomic E-state index is 0.0372. The second-order valence-corrected chi connectivity index (χ2v) is 28.1. The number of fused-ring (bicyclic) bond motifs is 5. The number of esters is 1. The van der Waals surface area contributed by atoms with E-state index in [-0.39, 0.29) is 90.2 Å². The molecule has 27 heteroatoms. The number of carbonyl (C=O) groups excluding carboxylic acids is 7. The number of amides is 2. The number of hydrogen-bond acceptors (Lipinski definition) is 24. The summed E-state index contributed by atoms with van der Waals surface area (Å²) < 4.78 is 69.4. The van der Waals surface area contributed by atoms with Gasteiger partial charge in [-0.25, -0.2) is 19.3 Å². The number of cyclic esters (lactones) is 1. The minimum Gasteiger partial charge on any atom is -0.457 e. The van der Waals surface area contributed by atoms with Gasteiger partial charge in [-0.15, -0.1) is 5.10 Å². The van der Waals surface area contributed by atoms with Crippen LogP contribution in [0.5, 0.6) is 0 Å². The van der Waals surface area contributed by atoms with Crippen LogP contribution in [0.4, 0.5) is 10.5 Å². The molecule has 4 aliphatic rings. The predicted molar refractivity (Wildman–Crippen MR) is 402 cm³/mol. The first-order valence-corrected chi connectivity index (χ1v) is 39.0. The zero-order valence-electron chi connectivity index (χ0n) is 64.6. The first kappa shape index (κ1) is 85.9. The van der Waals surface area contributed by atoms with E-state index in [2.05, 4.69) is 35.5 Å². The highest BCUT2D eigenvalue weighted by Gasteiger charge is 2.51. The Bertz CT molecular complexity index is 3740. The fourth-order valence-electron chi connectivity index (χ4n) is 13.9. The molecule has 1 N–H and O–H groups in total. The number of aryl methyl sites for hydroxylation is 3. The van der Waals surface area contributed by atoms with E-state index in [4.69, 9.17) is 61.8 Å². The van der Waals surface area contributed by atoms with Crippen molar-refractivity contribution >= 4 is 57.9 Å². The van der Waals surface area contributed by atoms with Gasteiger partial charge in [-0.3, -0.25) is 28.9 Å². The van der Waals surface area contributed by atoms with Crippen LogP contribution >= 0.6 is 0 Å². The quantitative estimate of drug-likeness (QED) is 0.0211. The van der Waals surface area contributed by atoms with E-state index in [1.54, 1.807) is 36.1 Å². The van der Waals surface area contributed by atoms with E-state index < -0.39 is 17.7 Å². The number of likely N-dealkylation sites (tertiary alicyclic amines) is 1. The molecule has 3 atom stereocenters. The number of ketones is 3. The van der Waals surface area contributed by atoms with Gasteiger partial charge in [0.05, 0.1) is 140 Å². The fourth-order valence-corrected chi connectivity index (χ4v) is 13.9. The molecule has 3 aromatic heterocycles. The van der Waals surface area contributed by atoms with Gasteiger partial charge in [0.15, 0.2) is 5.78 Å². The molecule has 1 saturated carbocycles. The average molecular weight is 1510 g/mol. The maximum atomic E-state index is 14.0. The summed E-state index contributed by atoms with van der Waals surface area (Å²) in [6.45, 7) is 23.6. The lowest BCUT2D eigenvalue weighted by Crippen LogP contribution is -2.47. The van der Waals surface area contributed by atoms with E-state index in [1.807, 2.05) is 56.4 Å². The molecule has 0 radical (unpaired) electrons. The van der Waals surface area contributed by atoms with Crippen molar-refractivity contribution in [2.24, 2.45) is 23.7 Å². The average Bonchev–Trinajstić information content (AvgIpc) is 1.50. The number of rotatable bonds is 51. The van der Waals surface area contributed by atoms with E-state index >= 15 is 0 Å². The Morgan fingerprint density at radius 3 is 1.95 bits per heavy atom. The predicted octanol–water partition coefficient (Wildman–Crippen LogP) is 10.4. The Hall–Kier alpha value is -7.73. The molecule has 1 saturated heterocycles. The van der Waals surface area contributed by atoms with Crippen molar-refractivity contribution in [2.75, 3.05) is 137 Å². The van der Waals surface area contributed by atoms with Gasteiger partial charge in [-0.1, -0.05) is 75.9 Å². The molecule has 6 heterocycles. The number of imide groups is 1. The highest BCUT2D eigenvalue weighted by Crippen LogP contribution is 2.43. The third-order valence-corrected chi connectivity index (χ3v) is 19.9. The minimum atomic E-state index is -1.86. The first-order chi connectivity index (χ1) is 52.4. The zero-order valence-corrected chi connectivity index (χ0v) is 64.6. The Morgan fingerprint density at radius 1 is 0.722 bits per heavy atom. The number of unbranched alkanes of at least 4 members (excludes halogenated alkanes) is 2. The molecule has 594 valence electrons. The third kappa shape index (κ3) is 26.5. The van der Waals surface area contributed by atoms with E-state index in [1.165, 1.54) is 4.90 Å². The number of aromatic nitrogens is 5. The van der Waals surface area contributed by atoms with Crippen molar-refractivity contribution in [3.8, 4) is 11.4 Å². The van der Waals surface area contributed by atoms with Crippen LogP contribution in [0, 0.1) is 30.6 Å². The zero-order chi connectivity index (χ0) is 77.1. The molecule has 3 aliphatic heterocycles. The van der Waals surface area contributed by atoms with Crippen LogP contribution in [0.25, 0.3) is 22.3 Å². The highest BCUT2D eigenvalue weighted by molar-refractivity contribution is 6.03. The van der Waals surface area contributed by atoms with Crippen LogP contribution in [-0.4, -0.2) is 203 Å². The van der Waals surface area contributed by atoms with Gasteiger partial charge >= 0.3 is 12.1 Å². The SMILES string of the molecule is CCCCCC(CNc1ccc(COC(=O)OC2(CC)C(=O)OCc3c2cc2n(c3=O)Cc3c-2nc2ccc(C)cc2c3CC)cc1)CC(C)=O.CCOCC(=O)CCCOCCOCCOCCOCCOCCOCCOCCOCCn1cc(CCC(=O)C2CCC(CN3C(=O)CC(C)C3=O)CC2)nn1. The number of benzene rings is 2. The van der Waals surface area contributed by atoms with Gasteiger partial charge in [-0.05, 0) is 125 Å². The van der Waals surface area contributed by atoms with Crippen LogP contribution in [0.1, 0.15) is 171 Å². The standard InChI is InChI=1S/C41H47N3O7.C40H68N4O13/c1-6-9-10-11-28(19-26(5)45)21-42-29-15-13-27(14-16-29)23-50-40(48)51-41(8-3)34-20-36-37-32(22-44(36)38(46)33(34)24-49-39(41)47)30(7-2)31-18-25(4)12-17-35(31)43-37;1-3-49-32-37(45)5-4-13-50-15-17-52-19-21-54-23-25-56-27-28-57-26-24-55-22-20-53-18-16-51-14-12-43-31-36(41-42-43)10-11-38(46)35-8-6-34(7-9-35)30-44-39(47)29-33(2)40(44)48/h12-18,20,28,42H,6-11,19,21-24H2,1-5H3;31,33-35H,3-30,32H2,1-2H3. The number of hydrogen-bond donors (Lipinski definition) is 1. The van der Waals surface area contributed by atoms with Crippen LogP contribution in [0.15, 0.2) is 59.5 Å². The summed E-state index contributed by atoms with van der Waals surface area (Å²) in [5, 5.41) is 12.9. The molecular weight excluding hydrogens is 1390 g/mol. The normalized spacial score (nSPS) is 17.6. The molecule has 108 heavy (non-hydrogen) atoms. The number of anilines is 1.